The molecule has 0 amide bonds. The second-order valence-electron chi connectivity index (χ2n) is 10.9. The van der Waals surface area contributed by atoms with Crippen molar-refractivity contribution in [3.8, 4) is 39.7 Å². The number of rotatable bonds is 3. The van der Waals surface area contributed by atoms with Crippen molar-refractivity contribution >= 4 is 21.8 Å². The molecule has 1 aliphatic rings. The molecule has 0 bridgehead atoms. The van der Waals surface area contributed by atoms with Crippen LogP contribution in [0.5, 0.6) is 0 Å². The van der Waals surface area contributed by atoms with Crippen molar-refractivity contribution in [2.75, 3.05) is 0 Å². The smallest absolute Gasteiger partial charge is 0.160 e. The van der Waals surface area contributed by atoms with Gasteiger partial charge in [0.25, 0.3) is 0 Å². The molecule has 0 unspecified atom stereocenters. The molecule has 0 aliphatic heterocycles. The lowest BCUT2D eigenvalue weighted by Crippen LogP contribution is -2.17. The van der Waals surface area contributed by atoms with Crippen LogP contribution < -0.4 is 0 Å². The zero-order valence-corrected chi connectivity index (χ0v) is 22.3. The van der Waals surface area contributed by atoms with Crippen LogP contribution in [0.3, 0.4) is 0 Å². The van der Waals surface area contributed by atoms with Gasteiger partial charge in [0, 0.05) is 44.8 Å². The molecule has 40 heavy (non-hydrogen) atoms. The standard InChI is InChI=1S/C36H26N4/c1-36(2)28-17-6-3-16-27(28)33-32(36)34(29-18-9-10-21-37-29)39-35(38-33)23-12-11-13-24(22-23)40-30-19-7-4-14-25(30)26-15-5-8-20-31(26)40/h3-22H,1-2H3. The molecule has 0 saturated carbocycles. The fourth-order valence-corrected chi connectivity index (χ4v) is 6.42. The zero-order chi connectivity index (χ0) is 26.8. The second kappa shape index (κ2) is 8.45. The van der Waals surface area contributed by atoms with Gasteiger partial charge in [-0.3, -0.25) is 4.98 Å². The highest BCUT2D eigenvalue weighted by atomic mass is 15.0. The first-order valence-corrected chi connectivity index (χ1v) is 13.6. The van der Waals surface area contributed by atoms with E-state index in [9.17, 15) is 0 Å². The number of aromatic nitrogens is 4. The third kappa shape index (κ3) is 3.23. The summed E-state index contributed by atoms with van der Waals surface area (Å²) in [4.78, 5) is 15.2. The fourth-order valence-electron chi connectivity index (χ4n) is 6.42. The minimum Gasteiger partial charge on any atom is -0.309 e. The molecule has 0 spiro atoms. The van der Waals surface area contributed by atoms with E-state index in [-0.39, 0.29) is 5.41 Å². The molecule has 190 valence electrons. The van der Waals surface area contributed by atoms with Crippen molar-refractivity contribution in [2.24, 2.45) is 0 Å². The van der Waals surface area contributed by atoms with Crippen molar-refractivity contribution in [1.82, 2.24) is 19.5 Å². The summed E-state index contributed by atoms with van der Waals surface area (Å²) in [5.41, 5.74) is 10.5. The lowest BCUT2D eigenvalue weighted by atomic mass is 9.81. The van der Waals surface area contributed by atoms with E-state index in [0.29, 0.717) is 5.82 Å². The van der Waals surface area contributed by atoms with Gasteiger partial charge in [-0.25, -0.2) is 9.97 Å². The Labute approximate surface area is 232 Å². The van der Waals surface area contributed by atoms with Gasteiger partial charge in [-0.15, -0.1) is 0 Å². The van der Waals surface area contributed by atoms with Gasteiger partial charge in [0.15, 0.2) is 5.82 Å². The van der Waals surface area contributed by atoms with Crippen LogP contribution in [0.1, 0.15) is 25.0 Å². The van der Waals surface area contributed by atoms with E-state index in [4.69, 9.17) is 15.0 Å². The summed E-state index contributed by atoms with van der Waals surface area (Å²) in [6, 6.07) is 40.3. The molecule has 0 fully saturated rings. The predicted octanol–water partition coefficient (Wildman–Crippen LogP) is 8.61. The Hall–Kier alpha value is -5.09. The van der Waals surface area contributed by atoms with Gasteiger partial charge in [0.1, 0.15) is 0 Å². The van der Waals surface area contributed by atoms with Gasteiger partial charge in [0.05, 0.1) is 28.1 Å². The summed E-state index contributed by atoms with van der Waals surface area (Å²) < 4.78 is 2.33. The molecule has 4 heteroatoms. The highest BCUT2D eigenvalue weighted by molar-refractivity contribution is 6.09. The van der Waals surface area contributed by atoms with Crippen molar-refractivity contribution < 1.29 is 0 Å². The van der Waals surface area contributed by atoms with Gasteiger partial charge in [-0.2, -0.15) is 0 Å². The first-order chi connectivity index (χ1) is 19.6. The average Bonchev–Trinajstić information content (AvgIpc) is 3.47. The van der Waals surface area contributed by atoms with Gasteiger partial charge in [-0.05, 0) is 42.0 Å². The van der Waals surface area contributed by atoms with Gasteiger partial charge >= 0.3 is 0 Å². The number of para-hydroxylation sites is 2. The molecule has 3 aromatic heterocycles. The van der Waals surface area contributed by atoms with E-state index in [1.165, 1.54) is 32.9 Å². The van der Waals surface area contributed by atoms with E-state index >= 15 is 0 Å². The molecule has 8 rings (SSSR count). The molecule has 3 heterocycles. The SMILES string of the molecule is CC1(C)c2ccccc2-c2nc(-c3cccc(-n4c5ccccc5c5ccccc54)c3)nc(-c3ccccn3)c21. The number of nitrogens with zero attached hydrogens (tertiary/aromatic N) is 4. The van der Waals surface area contributed by atoms with Crippen molar-refractivity contribution in [1.29, 1.82) is 0 Å². The van der Waals surface area contributed by atoms with Crippen molar-refractivity contribution in [3.05, 3.63) is 133 Å². The van der Waals surface area contributed by atoms with Gasteiger partial charge in [-0.1, -0.05) is 92.7 Å². The number of benzene rings is 4. The highest BCUT2D eigenvalue weighted by Crippen LogP contribution is 2.51. The Bertz CT molecular complexity index is 2030. The molecular weight excluding hydrogens is 488 g/mol. The Morgan fingerprint density at radius 2 is 1.30 bits per heavy atom. The van der Waals surface area contributed by atoms with E-state index in [2.05, 4.69) is 115 Å². The van der Waals surface area contributed by atoms with Gasteiger partial charge in [0.2, 0.25) is 0 Å². The maximum Gasteiger partial charge on any atom is 0.160 e. The van der Waals surface area contributed by atoms with Crippen LogP contribution in [0.15, 0.2) is 121 Å². The average molecular weight is 515 g/mol. The Balaban J connectivity index is 1.38. The van der Waals surface area contributed by atoms with Crippen LogP contribution in [-0.4, -0.2) is 19.5 Å². The van der Waals surface area contributed by atoms with Gasteiger partial charge < -0.3 is 4.57 Å². The molecule has 0 radical (unpaired) electrons. The minimum atomic E-state index is -0.234. The fraction of sp³-hybridized carbons (Fsp3) is 0.0833. The Morgan fingerprint density at radius 3 is 2.05 bits per heavy atom. The summed E-state index contributed by atoms with van der Waals surface area (Å²) in [7, 11) is 0. The molecule has 0 N–H and O–H groups in total. The number of fused-ring (bicyclic) bond motifs is 6. The van der Waals surface area contributed by atoms with Crippen molar-refractivity contribution in [3.63, 3.8) is 0 Å². The lowest BCUT2D eigenvalue weighted by molar-refractivity contribution is 0.657. The Morgan fingerprint density at radius 1 is 0.625 bits per heavy atom. The van der Waals surface area contributed by atoms with Crippen LogP contribution in [0.25, 0.3) is 61.5 Å². The molecule has 0 saturated heterocycles. The summed E-state index contributed by atoms with van der Waals surface area (Å²) >= 11 is 0. The normalized spacial score (nSPS) is 13.4. The summed E-state index contributed by atoms with van der Waals surface area (Å²) in [6.07, 6.45) is 1.83. The van der Waals surface area contributed by atoms with E-state index in [1.54, 1.807) is 0 Å². The number of hydrogen-bond donors (Lipinski definition) is 0. The maximum atomic E-state index is 5.25. The molecular formula is C36H26N4. The van der Waals surface area contributed by atoms with Crippen LogP contribution in [0, 0.1) is 0 Å². The second-order valence-corrected chi connectivity index (χ2v) is 10.9. The highest BCUT2D eigenvalue weighted by Gasteiger charge is 2.40. The molecule has 7 aromatic rings. The van der Waals surface area contributed by atoms with E-state index in [1.807, 2.05) is 24.4 Å². The van der Waals surface area contributed by atoms with Crippen LogP contribution in [0.4, 0.5) is 0 Å². The monoisotopic (exact) mass is 514 g/mol. The summed E-state index contributed by atoms with van der Waals surface area (Å²) in [5.74, 6) is 0.703. The number of hydrogen-bond acceptors (Lipinski definition) is 3. The van der Waals surface area contributed by atoms with E-state index in [0.717, 1.165) is 33.9 Å². The molecule has 0 atom stereocenters. The number of pyridine rings is 1. The predicted molar refractivity (Wildman–Crippen MR) is 163 cm³/mol. The first kappa shape index (κ1) is 22.9. The largest absolute Gasteiger partial charge is 0.309 e. The van der Waals surface area contributed by atoms with Crippen LogP contribution in [-0.2, 0) is 5.41 Å². The summed E-state index contributed by atoms with van der Waals surface area (Å²) in [6.45, 7) is 4.52. The van der Waals surface area contributed by atoms with Crippen LogP contribution >= 0.6 is 0 Å². The molecule has 4 aromatic carbocycles. The quantitative estimate of drug-likeness (QED) is 0.237. The Kier molecular flexibility index (Phi) is 4.83. The minimum absolute atomic E-state index is 0.234. The third-order valence-corrected chi connectivity index (χ3v) is 8.24. The zero-order valence-electron chi connectivity index (χ0n) is 22.3. The van der Waals surface area contributed by atoms with E-state index < -0.39 is 0 Å². The topological polar surface area (TPSA) is 43.6 Å². The molecule has 1 aliphatic carbocycles. The first-order valence-electron chi connectivity index (χ1n) is 13.6. The molecule has 4 nitrogen and oxygen atoms in total. The van der Waals surface area contributed by atoms with Crippen molar-refractivity contribution in [2.45, 2.75) is 19.3 Å². The van der Waals surface area contributed by atoms with Crippen LogP contribution in [0.2, 0.25) is 0 Å². The maximum absolute atomic E-state index is 5.25. The summed E-state index contributed by atoms with van der Waals surface area (Å²) in [5, 5.41) is 2.49. The lowest BCUT2D eigenvalue weighted by Gasteiger charge is -2.23. The third-order valence-electron chi connectivity index (χ3n) is 8.24.